The molecule has 1 aromatic rings. The van der Waals surface area contributed by atoms with Crippen LogP contribution < -0.4 is 4.90 Å². The summed E-state index contributed by atoms with van der Waals surface area (Å²) in [4.78, 5) is 13.7. The summed E-state index contributed by atoms with van der Waals surface area (Å²) < 4.78 is 0. The lowest BCUT2D eigenvalue weighted by molar-refractivity contribution is 0.0967. The van der Waals surface area contributed by atoms with Crippen molar-refractivity contribution in [3.63, 3.8) is 0 Å². The molecule has 0 saturated heterocycles. The van der Waals surface area contributed by atoms with Crippen molar-refractivity contribution in [1.82, 2.24) is 0 Å². The van der Waals surface area contributed by atoms with Gasteiger partial charge in [-0.1, -0.05) is 0 Å². The number of hydrogen-bond acceptors (Lipinski definition) is 2. The number of nitrogens with zero attached hydrogens (tertiary/aromatic N) is 1. The molecule has 0 radical (unpaired) electrons. The van der Waals surface area contributed by atoms with Crippen LogP contribution in [0.15, 0.2) is 24.3 Å². The maximum atomic E-state index is 11.7. The minimum atomic E-state index is 0.315. The van der Waals surface area contributed by atoms with E-state index in [2.05, 4.69) is 0 Å². The molecule has 0 aliphatic heterocycles. The normalized spacial score (nSPS) is 15.3. The second-order valence-electron chi connectivity index (χ2n) is 4.08. The summed E-state index contributed by atoms with van der Waals surface area (Å²) in [6.45, 7) is 0. The third-order valence-electron chi connectivity index (χ3n) is 2.62. The quantitative estimate of drug-likeness (QED) is 0.680. The summed E-state index contributed by atoms with van der Waals surface area (Å²) in [5, 5.41) is 0. The Labute approximate surface area is 84.5 Å². The van der Waals surface area contributed by atoms with Crippen molar-refractivity contribution in [3.05, 3.63) is 29.8 Å². The summed E-state index contributed by atoms with van der Waals surface area (Å²) in [5.41, 5.74) is 2.00. The van der Waals surface area contributed by atoms with Crippen LogP contribution in [0.3, 0.4) is 0 Å². The van der Waals surface area contributed by atoms with E-state index in [1.54, 1.807) is 0 Å². The lowest BCUT2D eigenvalue weighted by Crippen LogP contribution is -2.09. The molecule has 74 valence electrons. The van der Waals surface area contributed by atoms with Crippen molar-refractivity contribution in [2.45, 2.75) is 12.8 Å². The zero-order chi connectivity index (χ0) is 10.1. The maximum absolute atomic E-state index is 11.7. The molecule has 2 nitrogen and oxygen atoms in total. The third kappa shape index (κ3) is 1.79. The highest BCUT2D eigenvalue weighted by Crippen LogP contribution is 2.32. The van der Waals surface area contributed by atoms with Crippen LogP contribution in [0.25, 0.3) is 0 Å². The second kappa shape index (κ2) is 3.45. The number of Topliss-reactive ketones (excluding diaryl/α,β-unsaturated/α-hetero) is 1. The topological polar surface area (TPSA) is 20.3 Å². The highest BCUT2D eigenvalue weighted by atomic mass is 16.1. The first-order chi connectivity index (χ1) is 6.68. The molecule has 0 spiro atoms. The summed E-state index contributed by atoms with van der Waals surface area (Å²) in [5.74, 6) is 0.635. The van der Waals surface area contributed by atoms with E-state index >= 15 is 0 Å². The molecule has 14 heavy (non-hydrogen) atoms. The number of ketones is 1. The highest BCUT2D eigenvalue weighted by molar-refractivity contribution is 5.99. The van der Waals surface area contributed by atoms with Crippen molar-refractivity contribution < 1.29 is 4.79 Å². The zero-order valence-electron chi connectivity index (χ0n) is 8.66. The second-order valence-corrected chi connectivity index (χ2v) is 4.08. The van der Waals surface area contributed by atoms with Crippen LogP contribution >= 0.6 is 0 Å². The molecule has 0 unspecified atom stereocenters. The molecule has 0 aromatic heterocycles. The predicted molar refractivity (Wildman–Crippen MR) is 57.8 cm³/mol. The van der Waals surface area contributed by atoms with Crippen LogP contribution in [-0.4, -0.2) is 19.9 Å². The summed E-state index contributed by atoms with van der Waals surface area (Å²) in [6, 6.07) is 7.84. The molecule has 2 rings (SSSR count). The molecule has 0 atom stereocenters. The molecule has 1 aliphatic rings. The van der Waals surface area contributed by atoms with Crippen LogP contribution in [0.2, 0.25) is 0 Å². The molecule has 0 amide bonds. The SMILES string of the molecule is CN(C)c1ccc(C(=O)C2CC2)cc1. The Bertz CT molecular complexity index is 336. The summed E-state index contributed by atoms with van der Waals surface area (Å²) in [6.07, 6.45) is 2.16. The van der Waals surface area contributed by atoms with Crippen LogP contribution in [0.5, 0.6) is 0 Å². The van der Waals surface area contributed by atoms with E-state index in [4.69, 9.17) is 0 Å². The molecule has 1 fully saturated rings. The fourth-order valence-electron chi connectivity index (χ4n) is 1.51. The first-order valence-corrected chi connectivity index (χ1v) is 5.00. The Balaban J connectivity index is 2.16. The fourth-order valence-corrected chi connectivity index (χ4v) is 1.51. The van der Waals surface area contributed by atoms with E-state index in [1.807, 2.05) is 43.3 Å². The molecule has 0 N–H and O–H groups in total. The van der Waals surface area contributed by atoms with Gasteiger partial charge >= 0.3 is 0 Å². The smallest absolute Gasteiger partial charge is 0.165 e. The standard InChI is InChI=1S/C12H15NO/c1-13(2)11-7-5-10(6-8-11)12(14)9-3-4-9/h5-9H,3-4H2,1-2H3. The van der Waals surface area contributed by atoms with E-state index in [1.165, 1.54) is 0 Å². The van der Waals surface area contributed by atoms with E-state index in [-0.39, 0.29) is 0 Å². The number of rotatable bonds is 3. The number of anilines is 1. The molecule has 1 aliphatic carbocycles. The lowest BCUT2D eigenvalue weighted by Gasteiger charge is -2.12. The van der Waals surface area contributed by atoms with Gasteiger partial charge in [0.25, 0.3) is 0 Å². The molecule has 1 aromatic carbocycles. The van der Waals surface area contributed by atoms with Crippen molar-refractivity contribution in [2.24, 2.45) is 5.92 Å². The molecular weight excluding hydrogens is 174 g/mol. The average Bonchev–Trinajstić information content (AvgIpc) is 3.00. The van der Waals surface area contributed by atoms with E-state index in [9.17, 15) is 4.79 Å². The number of hydrogen-bond donors (Lipinski definition) is 0. The number of benzene rings is 1. The zero-order valence-corrected chi connectivity index (χ0v) is 8.66. The molecule has 2 heteroatoms. The Morgan fingerprint density at radius 2 is 1.79 bits per heavy atom. The first kappa shape index (κ1) is 9.25. The summed E-state index contributed by atoms with van der Waals surface area (Å²) >= 11 is 0. The Hall–Kier alpha value is -1.31. The van der Waals surface area contributed by atoms with Crippen LogP contribution in [0, 0.1) is 5.92 Å². The Morgan fingerprint density at radius 1 is 1.21 bits per heavy atom. The van der Waals surface area contributed by atoms with E-state index < -0.39 is 0 Å². The van der Waals surface area contributed by atoms with Gasteiger partial charge in [-0.3, -0.25) is 4.79 Å². The number of carbonyl (C=O) groups is 1. The maximum Gasteiger partial charge on any atom is 0.165 e. The highest BCUT2D eigenvalue weighted by Gasteiger charge is 2.30. The van der Waals surface area contributed by atoms with Gasteiger partial charge in [0.1, 0.15) is 0 Å². The lowest BCUT2D eigenvalue weighted by atomic mass is 10.1. The fraction of sp³-hybridized carbons (Fsp3) is 0.417. The van der Waals surface area contributed by atoms with Crippen molar-refractivity contribution >= 4 is 11.5 Å². The first-order valence-electron chi connectivity index (χ1n) is 5.00. The summed E-state index contributed by atoms with van der Waals surface area (Å²) in [7, 11) is 4.00. The molecular formula is C12H15NO. The molecule has 0 bridgehead atoms. The van der Waals surface area contributed by atoms with Gasteiger partial charge in [0.15, 0.2) is 5.78 Å². The van der Waals surface area contributed by atoms with Crippen LogP contribution in [0.4, 0.5) is 5.69 Å². The van der Waals surface area contributed by atoms with Gasteiger partial charge in [-0.2, -0.15) is 0 Å². The van der Waals surface area contributed by atoms with E-state index in [0.29, 0.717) is 11.7 Å². The minimum Gasteiger partial charge on any atom is -0.378 e. The van der Waals surface area contributed by atoms with Gasteiger partial charge < -0.3 is 4.90 Å². The molecule has 1 saturated carbocycles. The van der Waals surface area contributed by atoms with Gasteiger partial charge in [0, 0.05) is 31.3 Å². The van der Waals surface area contributed by atoms with Gasteiger partial charge in [0.05, 0.1) is 0 Å². The van der Waals surface area contributed by atoms with Crippen molar-refractivity contribution in [1.29, 1.82) is 0 Å². The monoisotopic (exact) mass is 189 g/mol. The van der Waals surface area contributed by atoms with Crippen molar-refractivity contribution in [3.8, 4) is 0 Å². The largest absolute Gasteiger partial charge is 0.378 e. The third-order valence-corrected chi connectivity index (χ3v) is 2.62. The van der Waals surface area contributed by atoms with Crippen LogP contribution in [-0.2, 0) is 0 Å². The Morgan fingerprint density at radius 3 is 2.21 bits per heavy atom. The van der Waals surface area contributed by atoms with Gasteiger partial charge in [-0.15, -0.1) is 0 Å². The van der Waals surface area contributed by atoms with Gasteiger partial charge in [-0.25, -0.2) is 0 Å². The number of carbonyl (C=O) groups excluding carboxylic acids is 1. The Kier molecular flexibility index (Phi) is 2.28. The van der Waals surface area contributed by atoms with Gasteiger partial charge in [0.2, 0.25) is 0 Å². The minimum absolute atomic E-state index is 0.315. The molecule has 0 heterocycles. The van der Waals surface area contributed by atoms with Crippen molar-refractivity contribution in [2.75, 3.05) is 19.0 Å². The van der Waals surface area contributed by atoms with E-state index in [0.717, 1.165) is 24.1 Å². The average molecular weight is 189 g/mol. The predicted octanol–water partition coefficient (Wildman–Crippen LogP) is 2.35. The van der Waals surface area contributed by atoms with Crippen LogP contribution in [0.1, 0.15) is 23.2 Å². The van der Waals surface area contributed by atoms with Gasteiger partial charge in [-0.05, 0) is 37.1 Å².